The number of hydrogen-bond acceptors (Lipinski definition) is 8. The van der Waals surface area contributed by atoms with Gasteiger partial charge in [0.05, 0.1) is 13.2 Å². The monoisotopic (exact) mass is 826 g/mol. The number of rotatable bonds is 45. The van der Waals surface area contributed by atoms with Crippen LogP contribution in [0.4, 0.5) is 4.79 Å². The fraction of sp³-hybridized carbons (Fsp3) is 0.917. The topological polar surface area (TPSA) is 140 Å². The molecule has 0 spiro atoms. The highest BCUT2D eigenvalue weighted by Gasteiger charge is 2.17. The van der Waals surface area contributed by atoms with E-state index in [-0.39, 0.29) is 31.5 Å². The molecule has 0 saturated carbocycles. The summed E-state index contributed by atoms with van der Waals surface area (Å²) in [5.74, 6) is -0.907. The maximum atomic E-state index is 12.7. The summed E-state index contributed by atoms with van der Waals surface area (Å²) in [6, 6.07) is 0. The second kappa shape index (κ2) is 42.8. The summed E-state index contributed by atoms with van der Waals surface area (Å²) in [4.78, 5) is 49.0. The van der Waals surface area contributed by atoms with Crippen LogP contribution in [0.25, 0.3) is 0 Å². The first kappa shape index (κ1) is 55.6. The highest BCUT2D eigenvalue weighted by molar-refractivity contribution is 5.69. The van der Waals surface area contributed by atoms with E-state index in [1.807, 2.05) is 0 Å². The van der Waals surface area contributed by atoms with E-state index < -0.39 is 18.1 Å². The fourth-order valence-electron chi connectivity index (χ4n) is 7.80. The second-order valence-electron chi connectivity index (χ2n) is 16.8. The Hall–Kier alpha value is -2.36. The van der Waals surface area contributed by atoms with E-state index in [0.717, 1.165) is 116 Å². The second-order valence-corrected chi connectivity index (χ2v) is 16.8. The maximum Gasteiger partial charge on any atom is 0.508 e. The zero-order valence-corrected chi connectivity index (χ0v) is 37.9. The minimum absolute atomic E-state index is 0.181. The third kappa shape index (κ3) is 40.4. The van der Waals surface area contributed by atoms with Crippen molar-refractivity contribution in [2.45, 2.75) is 245 Å². The van der Waals surface area contributed by atoms with Crippen LogP contribution in [0.5, 0.6) is 0 Å². The van der Waals surface area contributed by atoms with Crippen molar-refractivity contribution in [1.82, 2.24) is 4.90 Å². The summed E-state index contributed by atoms with van der Waals surface area (Å²) in [5, 5.41) is 17.7. The molecule has 0 bridgehead atoms. The molecule has 0 rings (SSSR count). The molecule has 0 amide bonds. The summed E-state index contributed by atoms with van der Waals surface area (Å²) >= 11 is 0. The van der Waals surface area contributed by atoms with E-state index in [0.29, 0.717) is 25.4 Å². The van der Waals surface area contributed by atoms with Crippen LogP contribution in [0.1, 0.15) is 239 Å². The molecule has 58 heavy (non-hydrogen) atoms. The quantitative estimate of drug-likeness (QED) is 0.0450. The zero-order valence-electron chi connectivity index (χ0n) is 37.9. The normalized spacial score (nSPS) is 11.9. The molecule has 0 aliphatic carbocycles. The number of ether oxygens (including phenoxy) is 3. The van der Waals surface area contributed by atoms with Gasteiger partial charge in [-0.15, -0.1) is 0 Å². The average molecular weight is 826 g/mol. The molecule has 342 valence electrons. The predicted molar refractivity (Wildman–Crippen MR) is 236 cm³/mol. The van der Waals surface area contributed by atoms with Crippen LogP contribution in [0.3, 0.4) is 0 Å². The van der Waals surface area contributed by atoms with E-state index in [1.165, 1.54) is 96.3 Å². The number of carboxylic acids is 2. The van der Waals surface area contributed by atoms with Gasteiger partial charge in [0.25, 0.3) is 0 Å². The number of unbranched alkanes of at least 4 members (excludes halogenated alkanes) is 21. The van der Waals surface area contributed by atoms with Gasteiger partial charge in [0.2, 0.25) is 0 Å². The van der Waals surface area contributed by atoms with Gasteiger partial charge in [0.1, 0.15) is 6.10 Å². The molecule has 0 fully saturated rings. The lowest BCUT2D eigenvalue weighted by Crippen LogP contribution is -2.26. The molecule has 0 aromatic rings. The van der Waals surface area contributed by atoms with Crippen molar-refractivity contribution in [3.8, 4) is 0 Å². The van der Waals surface area contributed by atoms with E-state index in [1.54, 1.807) is 0 Å². The van der Waals surface area contributed by atoms with Crippen LogP contribution in [0.2, 0.25) is 0 Å². The highest BCUT2D eigenvalue weighted by atomic mass is 16.7. The molecule has 0 heterocycles. The average Bonchev–Trinajstić information content (AvgIpc) is 3.19. The molecule has 10 heteroatoms. The number of aliphatic carboxylic acids is 2. The number of nitrogens with zero attached hydrogens (tertiary/aromatic N) is 1. The predicted octanol–water partition coefficient (Wildman–Crippen LogP) is 13.5. The first-order valence-corrected chi connectivity index (χ1v) is 24.4. The summed E-state index contributed by atoms with van der Waals surface area (Å²) in [7, 11) is 0. The van der Waals surface area contributed by atoms with Crippen molar-refractivity contribution >= 4 is 24.1 Å². The Morgan fingerprint density at radius 1 is 0.448 bits per heavy atom. The largest absolute Gasteiger partial charge is 0.508 e. The van der Waals surface area contributed by atoms with Crippen LogP contribution in [0, 0.1) is 5.92 Å². The Morgan fingerprint density at radius 3 is 1.33 bits per heavy atom. The van der Waals surface area contributed by atoms with Gasteiger partial charge in [-0.1, -0.05) is 175 Å². The SMILES string of the molecule is CCCCCCCCCCCCC(CCOC(=O)CCCCCC(CCCCCCCCC(=O)O)CCCCCCCCC(=O)O)OC(=O)OCCCN(CC)CC. The Morgan fingerprint density at radius 2 is 0.862 bits per heavy atom. The van der Waals surface area contributed by atoms with E-state index in [4.69, 9.17) is 24.4 Å². The zero-order chi connectivity index (χ0) is 42.7. The summed E-state index contributed by atoms with van der Waals surface area (Å²) < 4.78 is 16.8. The molecule has 0 aromatic carbocycles. The molecule has 1 unspecified atom stereocenters. The fourth-order valence-corrected chi connectivity index (χ4v) is 7.80. The molecular weight excluding hydrogens is 735 g/mol. The lowest BCUT2D eigenvalue weighted by atomic mass is 9.89. The van der Waals surface area contributed by atoms with Crippen LogP contribution < -0.4 is 0 Å². The minimum atomic E-state index is -0.707. The van der Waals surface area contributed by atoms with Gasteiger partial charge in [-0.3, -0.25) is 14.4 Å². The smallest absolute Gasteiger partial charge is 0.481 e. The summed E-state index contributed by atoms with van der Waals surface area (Å²) in [6.07, 6.45) is 33.9. The Bertz CT molecular complexity index is 927. The molecule has 0 aliphatic heterocycles. The van der Waals surface area contributed by atoms with Gasteiger partial charge in [-0.2, -0.15) is 0 Å². The third-order valence-corrected chi connectivity index (χ3v) is 11.6. The number of esters is 1. The molecule has 0 aromatic heterocycles. The molecule has 10 nitrogen and oxygen atoms in total. The van der Waals surface area contributed by atoms with Gasteiger partial charge >= 0.3 is 24.1 Å². The van der Waals surface area contributed by atoms with Crippen molar-refractivity contribution in [2.75, 3.05) is 32.8 Å². The highest BCUT2D eigenvalue weighted by Crippen LogP contribution is 2.25. The van der Waals surface area contributed by atoms with Gasteiger partial charge in [0.15, 0.2) is 0 Å². The molecular formula is C48H91NO9. The van der Waals surface area contributed by atoms with Crippen molar-refractivity contribution in [2.24, 2.45) is 5.92 Å². The number of hydrogen-bond donors (Lipinski definition) is 2. The number of carboxylic acid groups (broad SMARTS) is 2. The summed E-state index contributed by atoms with van der Waals surface area (Å²) in [6.45, 7) is 9.94. The van der Waals surface area contributed by atoms with Crippen LogP contribution in [-0.4, -0.2) is 78.1 Å². The van der Waals surface area contributed by atoms with Crippen LogP contribution in [0.15, 0.2) is 0 Å². The van der Waals surface area contributed by atoms with E-state index >= 15 is 0 Å². The lowest BCUT2D eigenvalue weighted by molar-refractivity contribution is -0.144. The van der Waals surface area contributed by atoms with Gasteiger partial charge < -0.3 is 29.3 Å². The molecule has 1 atom stereocenters. The third-order valence-electron chi connectivity index (χ3n) is 11.6. The van der Waals surface area contributed by atoms with Gasteiger partial charge in [0, 0.05) is 32.2 Å². The van der Waals surface area contributed by atoms with Crippen LogP contribution >= 0.6 is 0 Å². The summed E-state index contributed by atoms with van der Waals surface area (Å²) in [5.41, 5.74) is 0. The number of carbonyl (C=O) groups is 4. The standard InChI is InChI=1S/C48H91NO9/c1-4-7-8-9-10-11-12-13-20-27-35-44(58-48(55)57-41-31-40-49(5-2)6-3)39-42-56-47(54)38-30-23-26-34-43(32-24-18-14-16-21-28-36-45(50)51)33-25-19-15-17-22-29-37-46(52)53/h43-44H,4-42H2,1-3H3,(H,50,51)(H,52,53). The first-order chi connectivity index (χ1) is 28.2. The molecule has 0 aliphatic rings. The Kier molecular flexibility index (Phi) is 41.0. The van der Waals surface area contributed by atoms with Crippen molar-refractivity contribution in [3.05, 3.63) is 0 Å². The van der Waals surface area contributed by atoms with E-state index in [2.05, 4.69) is 25.7 Å². The molecule has 0 saturated heterocycles. The first-order valence-electron chi connectivity index (χ1n) is 24.4. The van der Waals surface area contributed by atoms with Gasteiger partial charge in [-0.25, -0.2) is 4.79 Å². The molecule has 2 N–H and O–H groups in total. The van der Waals surface area contributed by atoms with Crippen molar-refractivity contribution < 1.29 is 43.6 Å². The minimum Gasteiger partial charge on any atom is -0.481 e. The maximum absolute atomic E-state index is 12.7. The van der Waals surface area contributed by atoms with Crippen molar-refractivity contribution in [3.63, 3.8) is 0 Å². The Labute approximate surface area is 355 Å². The lowest BCUT2D eigenvalue weighted by Gasteiger charge is -2.19. The van der Waals surface area contributed by atoms with Crippen LogP contribution in [-0.2, 0) is 28.6 Å². The number of carbonyl (C=O) groups excluding carboxylic acids is 2. The van der Waals surface area contributed by atoms with Gasteiger partial charge in [-0.05, 0) is 57.5 Å². The molecule has 0 radical (unpaired) electrons. The van der Waals surface area contributed by atoms with Crippen molar-refractivity contribution in [1.29, 1.82) is 0 Å². The van der Waals surface area contributed by atoms with E-state index in [9.17, 15) is 19.2 Å². The Balaban J connectivity index is 4.60.